The summed E-state index contributed by atoms with van der Waals surface area (Å²) in [5.74, 6) is -0.304. The first-order valence-electron chi connectivity index (χ1n) is 7.72. The summed E-state index contributed by atoms with van der Waals surface area (Å²) in [6.45, 7) is -0.263. The van der Waals surface area contributed by atoms with Crippen molar-refractivity contribution in [2.24, 2.45) is 4.99 Å². The van der Waals surface area contributed by atoms with Crippen LogP contribution in [-0.2, 0) is 11.2 Å². The first kappa shape index (κ1) is 18.3. The van der Waals surface area contributed by atoms with Crippen LogP contribution in [0.4, 0.5) is 4.39 Å². The third-order valence-corrected chi connectivity index (χ3v) is 4.71. The first-order chi connectivity index (χ1) is 12.6. The quantitative estimate of drug-likeness (QED) is 0.178. The molecule has 0 aliphatic heterocycles. The summed E-state index contributed by atoms with van der Waals surface area (Å²) in [5, 5.41) is 28.4. The van der Waals surface area contributed by atoms with Gasteiger partial charge in [-0.25, -0.2) is 9.02 Å². The highest BCUT2D eigenvalue weighted by Gasteiger charge is 2.28. The minimum absolute atomic E-state index is 0.0630. The van der Waals surface area contributed by atoms with Crippen LogP contribution in [0.3, 0.4) is 0 Å². The zero-order valence-electron chi connectivity index (χ0n) is 13.5. The van der Waals surface area contributed by atoms with Crippen LogP contribution < -0.4 is 10.8 Å². The number of aliphatic imine (C=N–C) groups is 1. The fraction of sp³-hybridized carbons (Fsp3) is 0.333. The molecule has 0 fully saturated rings. The normalized spacial score (nSPS) is 16.0. The molecule has 4 N–H and O–H groups in total. The third kappa shape index (κ3) is 4.00. The molecule has 3 rings (SSSR count). The third-order valence-electron chi connectivity index (χ3n) is 3.76. The van der Waals surface area contributed by atoms with Crippen LogP contribution in [0.1, 0.15) is 22.9 Å². The van der Waals surface area contributed by atoms with Crippen molar-refractivity contribution >= 4 is 23.5 Å². The summed E-state index contributed by atoms with van der Waals surface area (Å²) in [7, 11) is 0. The van der Waals surface area contributed by atoms with Crippen LogP contribution in [-0.4, -0.2) is 51.3 Å². The fourth-order valence-electron chi connectivity index (χ4n) is 2.48. The van der Waals surface area contributed by atoms with E-state index >= 15 is 0 Å². The van der Waals surface area contributed by atoms with Gasteiger partial charge in [-0.1, -0.05) is 17.8 Å². The smallest absolute Gasteiger partial charge is 0.245 e. The molecule has 0 bridgehead atoms. The number of carbonyl (C=O) groups excluding carboxylic acids is 1. The SMILES string of the molecule is O=C(CO)NCCSc1nonc1C(=N[C@H]1Cc2ccc(F)cc21)NO. The molecule has 0 spiro atoms. The number of carbonyl (C=O) groups is 1. The van der Waals surface area contributed by atoms with Gasteiger partial charge in [0.05, 0.1) is 6.04 Å². The molecular formula is C15H16FN5O4S. The summed E-state index contributed by atoms with van der Waals surface area (Å²) in [4.78, 5) is 15.3. The number of rotatable bonds is 7. The molecule has 11 heteroatoms. The van der Waals surface area contributed by atoms with E-state index in [1.807, 2.05) is 5.48 Å². The second-order valence-corrected chi connectivity index (χ2v) is 6.51. The van der Waals surface area contributed by atoms with Gasteiger partial charge in [-0.2, -0.15) is 0 Å². The summed E-state index contributed by atoms with van der Waals surface area (Å²) < 4.78 is 18.1. The molecule has 138 valence electrons. The van der Waals surface area contributed by atoms with E-state index in [9.17, 15) is 14.4 Å². The van der Waals surface area contributed by atoms with E-state index in [0.717, 1.165) is 11.1 Å². The van der Waals surface area contributed by atoms with Gasteiger partial charge in [0.2, 0.25) is 5.91 Å². The number of amidine groups is 1. The molecule has 1 amide bonds. The molecule has 1 atom stereocenters. The van der Waals surface area contributed by atoms with E-state index in [1.165, 1.54) is 23.9 Å². The second-order valence-electron chi connectivity index (χ2n) is 5.43. The average molecular weight is 381 g/mol. The highest BCUT2D eigenvalue weighted by molar-refractivity contribution is 7.99. The Morgan fingerprint density at radius 2 is 2.31 bits per heavy atom. The number of halogens is 1. The molecule has 26 heavy (non-hydrogen) atoms. The number of hydrogen-bond acceptors (Lipinski definition) is 8. The van der Waals surface area contributed by atoms with E-state index in [0.29, 0.717) is 23.7 Å². The molecule has 0 saturated carbocycles. The average Bonchev–Trinajstić information content (AvgIpc) is 3.09. The number of nitrogens with one attached hydrogen (secondary N) is 2. The number of nitrogens with zero attached hydrogens (tertiary/aromatic N) is 3. The minimum atomic E-state index is -0.573. The van der Waals surface area contributed by atoms with Gasteiger partial charge in [0.1, 0.15) is 12.4 Å². The minimum Gasteiger partial charge on any atom is -0.387 e. The number of hydrogen-bond donors (Lipinski definition) is 4. The molecule has 2 aromatic rings. The molecule has 0 saturated heterocycles. The van der Waals surface area contributed by atoms with Crippen molar-refractivity contribution < 1.29 is 24.1 Å². The number of hydroxylamine groups is 1. The van der Waals surface area contributed by atoms with Crippen LogP contribution >= 0.6 is 11.8 Å². The topological polar surface area (TPSA) is 133 Å². The lowest BCUT2D eigenvalue weighted by molar-refractivity contribution is -0.123. The van der Waals surface area contributed by atoms with E-state index in [-0.39, 0.29) is 23.4 Å². The molecule has 1 aliphatic carbocycles. The van der Waals surface area contributed by atoms with Crippen molar-refractivity contribution in [1.29, 1.82) is 0 Å². The number of benzene rings is 1. The van der Waals surface area contributed by atoms with Gasteiger partial charge in [0.25, 0.3) is 0 Å². The van der Waals surface area contributed by atoms with Crippen molar-refractivity contribution in [1.82, 2.24) is 21.1 Å². The van der Waals surface area contributed by atoms with Crippen molar-refractivity contribution in [3.8, 4) is 0 Å². The predicted molar refractivity (Wildman–Crippen MR) is 89.4 cm³/mol. The highest BCUT2D eigenvalue weighted by atomic mass is 32.2. The van der Waals surface area contributed by atoms with Gasteiger partial charge < -0.3 is 10.4 Å². The Morgan fingerprint density at radius 1 is 1.46 bits per heavy atom. The maximum Gasteiger partial charge on any atom is 0.245 e. The van der Waals surface area contributed by atoms with Gasteiger partial charge in [0.15, 0.2) is 16.6 Å². The largest absolute Gasteiger partial charge is 0.387 e. The molecule has 1 heterocycles. The Bertz CT molecular complexity index is 828. The van der Waals surface area contributed by atoms with Crippen molar-refractivity contribution in [3.63, 3.8) is 0 Å². The number of aliphatic hydroxyl groups is 1. The van der Waals surface area contributed by atoms with Crippen LogP contribution in [0.15, 0.2) is 32.8 Å². The maximum atomic E-state index is 13.4. The molecule has 1 aliphatic rings. The zero-order valence-corrected chi connectivity index (χ0v) is 14.3. The number of aromatic nitrogens is 2. The maximum absolute atomic E-state index is 13.4. The monoisotopic (exact) mass is 381 g/mol. The van der Waals surface area contributed by atoms with Gasteiger partial charge in [0, 0.05) is 12.3 Å². The van der Waals surface area contributed by atoms with E-state index in [1.54, 1.807) is 6.07 Å². The Morgan fingerprint density at radius 3 is 3.08 bits per heavy atom. The lowest BCUT2D eigenvalue weighted by atomic mass is 9.83. The highest BCUT2D eigenvalue weighted by Crippen LogP contribution is 2.37. The van der Waals surface area contributed by atoms with Crippen LogP contribution in [0, 0.1) is 5.82 Å². The Hall–Kier alpha value is -2.50. The fourth-order valence-corrected chi connectivity index (χ4v) is 3.23. The van der Waals surface area contributed by atoms with Gasteiger partial charge in [-0.3, -0.25) is 20.5 Å². The first-order valence-corrected chi connectivity index (χ1v) is 8.70. The van der Waals surface area contributed by atoms with E-state index < -0.39 is 12.5 Å². The number of aliphatic hydroxyl groups excluding tert-OH is 1. The number of fused-ring (bicyclic) bond motifs is 1. The van der Waals surface area contributed by atoms with Gasteiger partial charge in [-0.05, 0) is 40.0 Å². The predicted octanol–water partition coefficient (Wildman–Crippen LogP) is 0.432. The summed E-state index contributed by atoms with van der Waals surface area (Å²) >= 11 is 1.23. The van der Waals surface area contributed by atoms with Crippen molar-refractivity contribution in [2.75, 3.05) is 18.9 Å². The molecule has 9 nitrogen and oxygen atoms in total. The number of amides is 1. The lowest BCUT2D eigenvalue weighted by Crippen LogP contribution is -2.28. The van der Waals surface area contributed by atoms with Gasteiger partial charge >= 0.3 is 0 Å². The number of thioether (sulfide) groups is 1. The van der Waals surface area contributed by atoms with Gasteiger partial charge in [-0.15, -0.1) is 0 Å². The lowest BCUT2D eigenvalue weighted by Gasteiger charge is -2.27. The summed E-state index contributed by atoms with van der Waals surface area (Å²) in [6.07, 6.45) is 0.627. The van der Waals surface area contributed by atoms with Crippen LogP contribution in [0.25, 0.3) is 0 Å². The summed E-state index contributed by atoms with van der Waals surface area (Å²) in [6, 6.07) is 4.23. The molecule has 1 aromatic heterocycles. The molecule has 1 aromatic carbocycles. The second kappa shape index (κ2) is 8.25. The molecule has 0 radical (unpaired) electrons. The van der Waals surface area contributed by atoms with Crippen LogP contribution in [0.5, 0.6) is 0 Å². The molecular weight excluding hydrogens is 365 g/mol. The Kier molecular flexibility index (Phi) is 5.81. The van der Waals surface area contributed by atoms with Crippen molar-refractivity contribution in [3.05, 3.63) is 40.8 Å². The Labute approximate surface area is 151 Å². The van der Waals surface area contributed by atoms with E-state index in [2.05, 4.69) is 20.6 Å². The van der Waals surface area contributed by atoms with Crippen LogP contribution in [0.2, 0.25) is 0 Å². The van der Waals surface area contributed by atoms with E-state index in [4.69, 9.17) is 9.74 Å². The van der Waals surface area contributed by atoms with Crippen molar-refractivity contribution in [2.45, 2.75) is 17.5 Å². The standard InChI is InChI=1S/C15H16FN5O4S/c16-9-2-1-8-5-11(10(8)6-9)18-14(19-24)13-15(21-25-20-13)26-4-3-17-12(23)7-22/h1-2,6,11,22,24H,3-5,7H2,(H,17,23)(H,18,19)/t11-/m0/s1. The zero-order chi connectivity index (χ0) is 18.5. The Balaban J connectivity index is 1.68. The molecule has 0 unspecified atom stereocenters. The summed E-state index contributed by atoms with van der Waals surface area (Å²) in [5.41, 5.74) is 3.97.